The molecule has 0 spiro atoms. The Morgan fingerprint density at radius 2 is 1.85 bits per heavy atom. The fourth-order valence-electron chi connectivity index (χ4n) is 3.59. The van der Waals surface area contributed by atoms with Gasteiger partial charge < -0.3 is 24.8 Å². The predicted molar refractivity (Wildman–Crippen MR) is 117 cm³/mol. The highest BCUT2D eigenvalue weighted by atomic mass is 32.2. The molecule has 34 heavy (non-hydrogen) atoms. The third kappa shape index (κ3) is 5.13. The largest absolute Gasteiger partial charge is 0.454 e. The average molecular weight is 494 g/mol. The maximum atomic E-state index is 13.6. The van der Waals surface area contributed by atoms with Gasteiger partial charge in [-0.25, -0.2) is 12.8 Å². The first kappa shape index (κ1) is 23.9. The third-order valence-electron chi connectivity index (χ3n) is 5.42. The Labute approximate surface area is 196 Å². The minimum atomic E-state index is -4.00. The normalized spacial score (nSPS) is 17.9. The zero-order valence-electron chi connectivity index (χ0n) is 18.4. The van der Waals surface area contributed by atoms with Gasteiger partial charge in [0.1, 0.15) is 12.0 Å². The van der Waals surface area contributed by atoms with Crippen LogP contribution >= 0.6 is 0 Å². The lowest BCUT2D eigenvalue weighted by atomic mass is 10.2. The Morgan fingerprint density at radius 1 is 1.09 bits per heavy atom. The molecule has 4 rings (SSSR count). The van der Waals surface area contributed by atoms with E-state index in [4.69, 9.17) is 14.2 Å². The molecule has 12 heteroatoms. The minimum absolute atomic E-state index is 0.0744. The van der Waals surface area contributed by atoms with Crippen LogP contribution in [0.3, 0.4) is 0 Å². The highest BCUT2D eigenvalue weighted by molar-refractivity contribution is 7.89. The summed E-state index contributed by atoms with van der Waals surface area (Å²) in [4.78, 5) is 24.4. The summed E-state index contributed by atoms with van der Waals surface area (Å²) in [6.07, 6.45) is -0.547. The Hall–Kier alpha value is -3.22. The van der Waals surface area contributed by atoms with E-state index in [1.165, 1.54) is 19.1 Å². The van der Waals surface area contributed by atoms with Crippen LogP contribution in [-0.4, -0.2) is 57.3 Å². The molecule has 182 valence electrons. The van der Waals surface area contributed by atoms with Crippen molar-refractivity contribution in [3.8, 4) is 11.5 Å². The maximum absolute atomic E-state index is 13.6. The van der Waals surface area contributed by atoms with Crippen molar-refractivity contribution in [2.24, 2.45) is 0 Å². The van der Waals surface area contributed by atoms with E-state index in [9.17, 15) is 22.4 Å². The molecule has 0 bridgehead atoms. The Bertz CT molecular complexity index is 1200. The van der Waals surface area contributed by atoms with Crippen LogP contribution in [0, 0.1) is 12.7 Å². The summed E-state index contributed by atoms with van der Waals surface area (Å²) in [6, 6.07) is 8.68. The molecule has 0 unspecified atom stereocenters. The highest BCUT2D eigenvalue weighted by Crippen LogP contribution is 2.32. The summed E-state index contributed by atoms with van der Waals surface area (Å²) in [5.74, 6) is -1.15. The van der Waals surface area contributed by atoms with Crippen LogP contribution in [0.25, 0.3) is 0 Å². The van der Waals surface area contributed by atoms with Crippen molar-refractivity contribution in [2.45, 2.75) is 31.0 Å². The van der Waals surface area contributed by atoms with Crippen molar-refractivity contribution < 1.29 is 36.6 Å². The number of hydrogen-bond acceptors (Lipinski definition) is 7. The van der Waals surface area contributed by atoms with Crippen LogP contribution in [0.5, 0.6) is 11.5 Å². The molecular weight excluding hydrogens is 469 g/mol. The van der Waals surface area contributed by atoms with E-state index in [-0.39, 0.29) is 36.9 Å². The van der Waals surface area contributed by atoms with Crippen molar-refractivity contribution in [1.82, 2.24) is 14.9 Å². The molecule has 2 aliphatic heterocycles. The monoisotopic (exact) mass is 493 g/mol. The van der Waals surface area contributed by atoms with Crippen LogP contribution in [-0.2, 0) is 30.9 Å². The number of rotatable bonds is 6. The van der Waals surface area contributed by atoms with E-state index in [0.717, 1.165) is 10.4 Å². The van der Waals surface area contributed by atoms with Crippen molar-refractivity contribution >= 4 is 21.8 Å². The number of nitrogens with one attached hydrogen (secondary N) is 2. The number of halogens is 1. The second-order valence-corrected chi connectivity index (χ2v) is 9.68. The van der Waals surface area contributed by atoms with Gasteiger partial charge in [-0.05, 0) is 54.8 Å². The fourth-order valence-corrected chi connectivity index (χ4v) is 5.24. The first-order valence-corrected chi connectivity index (χ1v) is 12.0. The molecule has 0 aliphatic carbocycles. The SMILES string of the molecule is Cc1cc(S(=O)(=O)N2CCCO[C@H]2CNC(=O)C(=O)NCc2ccc3c(c2)OCO3)ccc1F. The Balaban J connectivity index is 1.34. The van der Waals surface area contributed by atoms with Crippen molar-refractivity contribution in [3.05, 3.63) is 53.3 Å². The van der Waals surface area contributed by atoms with Crippen LogP contribution in [0.4, 0.5) is 4.39 Å². The first-order chi connectivity index (χ1) is 16.3. The number of sulfonamides is 1. The van der Waals surface area contributed by atoms with E-state index in [2.05, 4.69) is 10.6 Å². The smallest absolute Gasteiger partial charge is 0.309 e. The first-order valence-electron chi connectivity index (χ1n) is 10.6. The molecule has 1 saturated heterocycles. The summed E-state index contributed by atoms with van der Waals surface area (Å²) in [5.41, 5.74) is 0.913. The molecule has 0 aromatic heterocycles. The number of nitrogens with zero attached hydrogens (tertiary/aromatic N) is 1. The van der Waals surface area contributed by atoms with Gasteiger partial charge in [-0.15, -0.1) is 0 Å². The summed E-state index contributed by atoms with van der Waals surface area (Å²) in [5, 5.41) is 4.92. The summed E-state index contributed by atoms with van der Waals surface area (Å²) in [6.45, 7) is 1.93. The standard InChI is InChI=1S/C22H24FN3O7S/c1-14-9-16(4-5-17(14)23)34(29,30)26-7-2-8-31-20(26)12-25-22(28)21(27)24-11-15-3-6-18-19(10-15)33-13-32-18/h3-6,9-10,20H,2,7-8,11-13H2,1H3,(H,24,27)(H,25,28)/t20-/m0/s1. The van der Waals surface area contributed by atoms with Gasteiger partial charge in [0.05, 0.1) is 18.0 Å². The van der Waals surface area contributed by atoms with Crippen molar-refractivity contribution in [1.29, 1.82) is 0 Å². The number of amides is 2. The number of fused-ring (bicyclic) bond motifs is 1. The molecule has 2 aromatic carbocycles. The molecule has 10 nitrogen and oxygen atoms in total. The summed E-state index contributed by atoms with van der Waals surface area (Å²) < 4.78 is 56.9. The van der Waals surface area contributed by atoms with Gasteiger partial charge in [0.15, 0.2) is 11.5 Å². The van der Waals surface area contributed by atoms with E-state index < -0.39 is 33.9 Å². The molecule has 2 amide bonds. The zero-order chi connectivity index (χ0) is 24.3. The van der Waals surface area contributed by atoms with Gasteiger partial charge in [-0.3, -0.25) is 9.59 Å². The van der Waals surface area contributed by atoms with Gasteiger partial charge >= 0.3 is 11.8 Å². The summed E-state index contributed by atoms with van der Waals surface area (Å²) in [7, 11) is -4.00. The quantitative estimate of drug-likeness (QED) is 0.576. The minimum Gasteiger partial charge on any atom is -0.454 e. The fraction of sp³-hybridized carbons (Fsp3) is 0.364. The van der Waals surface area contributed by atoms with E-state index in [0.29, 0.717) is 30.1 Å². The second kappa shape index (κ2) is 9.95. The maximum Gasteiger partial charge on any atom is 0.309 e. The summed E-state index contributed by atoms with van der Waals surface area (Å²) >= 11 is 0. The lowest BCUT2D eigenvalue weighted by Crippen LogP contribution is -2.53. The lowest BCUT2D eigenvalue weighted by Gasteiger charge is -2.34. The number of carbonyl (C=O) groups excluding carboxylic acids is 2. The van der Waals surface area contributed by atoms with Crippen LogP contribution in [0.1, 0.15) is 17.5 Å². The van der Waals surface area contributed by atoms with Gasteiger partial charge in [0.2, 0.25) is 16.8 Å². The molecule has 1 fully saturated rings. The molecule has 2 aromatic rings. The van der Waals surface area contributed by atoms with Crippen molar-refractivity contribution in [2.75, 3.05) is 26.5 Å². The van der Waals surface area contributed by atoms with Crippen LogP contribution in [0.15, 0.2) is 41.3 Å². The number of carbonyl (C=O) groups is 2. The average Bonchev–Trinajstić information content (AvgIpc) is 3.30. The molecular formula is C22H24FN3O7S. The van der Waals surface area contributed by atoms with Crippen molar-refractivity contribution in [3.63, 3.8) is 0 Å². The predicted octanol–water partition coefficient (Wildman–Crippen LogP) is 1.03. The van der Waals surface area contributed by atoms with Crippen LogP contribution in [0.2, 0.25) is 0 Å². The van der Waals surface area contributed by atoms with E-state index in [1.807, 2.05) is 0 Å². The van der Waals surface area contributed by atoms with Gasteiger partial charge in [-0.2, -0.15) is 4.31 Å². The highest BCUT2D eigenvalue weighted by Gasteiger charge is 2.35. The molecule has 0 radical (unpaired) electrons. The topological polar surface area (TPSA) is 123 Å². The third-order valence-corrected chi connectivity index (χ3v) is 7.31. The van der Waals surface area contributed by atoms with Gasteiger partial charge in [0.25, 0.3) is 0 Å². The molecule has 0 saturated carbocycles. The Morgan fingerprint density at radius 3 is 2.65 bits per heavy atom. The lowest BCUT2D eigenvalue weighted by molar-refractivity contribution is -0.140. The second-order valence-electron chi connectivity index (χ2n) is 7.79. The number of benzene rings is 2. The molecule has 2 heterocycles. The number of hydrogen-bond donors (Lipinski definition) is 2. The van der Waals surface area contributed by atoms with Gasteiger partial charge in [-0.1, -0.05) is 6.07 Å². The van der Waals surface area contributed by atoms with E-state index >= 15 is 0 Å². The number of ether oxygens (including phenoxy) is 3. The van der Waals surface area contributed by atoms with Crippen LogP contribution < -0.4 is 20.1 Å². The molecule has 2 aliphatic rings. The van der Waals surface area contributed by atoms with Gasteiger partial charge in [0, 0.05) is 13.1 Å². The van der Waals surface area contributed by atoms with E-state index in [1.54, 1.807) is 18.2 Å². The number of aryl methyl sites for hydroxylation is 1. The Kier molecular flexibility index (Phi) is 7.00. The molecule has 1 atom stereocenters. The zero-order valence-corrected chi connectivity index (χ0v) is 19.2. The molecule has 2 N–H and O–H groups in total.